The van der Waals surface area contributed by atoms with Crippen LogP contribution in [0.5, 0.6) is 0 Å². The topological polar surface area (TPSA) is 22.0 Å². The van der Waals surface area contributed by atoms with Gasteiger partial charge >= 0.3 is 0 Å². The Balaban J connectivity index is 3.02. The van der Waals surface area contributed by atoms with Crippen LogP contribution in [0.3, 0.4) is 0 Å². The van der Waals surface area contributed by atoms with Crippen molar-refractivity contribution >= 4 is 6.29 Å². The molecule has 0 saturated carbocycles. The van der Waals surface area contributed by atoms with Crippen LogP contribution in [0.25, 0.3) is 0 Å². The van der Waals surface area contributed by atoms with Crippen LogP contribution < -0.4 is 0 Å². The van der Waals surface area contributed by atoms with Gasteiger partial charge in [-0.05, 0) is 33.8 Å². The van der Waals surface area contributed by atoms with Gasteiger partial charge in [-0.1, -0.05) is 11.6 Å². The molecule has 1 aromatic rings. The Kier molecular flexibility index (Phi) is 3.28. The van der Waals surface area contributed by atoms with Gasteiger partial charge in [0.25, 0.3) is 0 Å². The molecule has 0 atom stereocenters. The van der Waals surface area contributed by atoms with Gasteiger partial charge < -0.3 is 4.57 Å². The highest BCUT2D eigenvalue weighted by Crippen LogP contribution is 2.13. The van der Waals surface area contributed by atoms with Crippen molar-refractivity contribution in [1.29, 1.82) is 0 Å². The van der Waals surface area contributed by atoms with Crippen molar-refractivity contribution in [2.75, 3.05) is 0 Å². The molecule has 0 radical (unpaired) electrons. The van der Waals surface area contributed by atoms with E-state index in [1.165, 1.54) is 5.57 Å². The van der Waals surface area contributed by atoms with Crippen molar-refractivity contribution < 1.29 is 4.79 Å². The zero-order valence-electron chi connectivity index (χ0n) is 9.29. The van der Waals surface area contributed by atoms with Gasteiger partial charge in [-0.15, -0.1) is 0 Å². The van der Waals surface area contributed by atoms with E-state index in [4.69, 9.17) is 0 Å². The van der Waals surface area contributed by atoms with Gasteiger partial charge in [-0.3, -0.25) is 4.79 Å². The fraction of sp³-hybridized carbons (Fsp3) is 0.417. The van der Waals surface area contributed by atoms with Gasteiger partial charge in [-0.25, -0.2) is 0 Å². The Morgan fingerprint density at radius 1 is 1.43 bits per heavy atom. The Morgan fingerprint density at radius 3 is 2.50 bits per heavy atom. The quantitative estimate of drug-likeness (QED) is 0.532. The second-order valence-electron chi connectivity index (χ2n) is 3.84. The van der Waals surface area contributed by atoms with Crippen molar-refractivity contribution in [2.24, 2.45) is 0 Å². The first kappa shape index (κ1) is 10.8. The lowest BCUT2D eigenvalue weighted by atomic mass is 10.3. The minimum Gasteiger partial charge on any atom is -0.345 e. The lowest BCUT2D eigenvalue weighted by Gasteiger charge is -2.06. The molecule has 0 aromatic carbocycles. The average Bonchev–Trinajstić information content (AvgIpc) is 2.39. The van der Waals surface area contributed by atoms with Crippen molar-refractivity contribution in [1.82, 2.24) is 4.57 Å². The second kappa shape index (κ2) is 4.27. The second-order valence-corrected chi connectivity index (χ2v) is 3.84. The normalized spacial score (nSPS) is 10.0. The molecule has 0 unspecified atom stereocenters. The lowest BCUT2D eigenvalue weighted by molar-refractivity contribution is 0.112. The monoisotopic (exact) mass is 191 g/mol. The number of hydrogen-bond donors (Lipinski definition) is 0. The number of carbonyl (C=O) groups excluding carboxylic acids is 1. The summed E-state index contributed by atoms with van der Waals surface area (Å²) in [6.45, 7) is 9.02. The minimum absolute atomic E-state index is 0.796. The van der Waals surface area contributed by atoms with Crippen LogP contribution in [-0.4, -0.2) is 10.9 Å². The molecule has 2 nitrogen and oxygen atoms in total. The average molecular weight is 191 g/mol. The van der Waals surface area contributed by atoms with Gasteiger partial charge in [0, 0.05) is 23.5 Å². The smallest absolute Gasteiger partial charge is 0.151 e. The van der Waals surface area contributed by atoms with Crippen molar-refractivity contribution in [3.05, 3.63) is 34.7 Å². The summed E-state index contributed by atoms with van der Waals surface area (Å²) in [5.41, 5.74) is 4.28. The zero-order chi connectivity index (χ0) is 10.7. The fourth-order valence-corrected chi connectivity index (χ4v) is 1.50. The van der Waals surface area contributed by atoms with Crippen LogP contribution in [0.1, 0.15) is 35.6 Å². The summed E-state index contributed by atoms with van der Waals surface area (Å²) in [6, 6.07) is 1.93. The van der Waals surface area contributed by atoms with Crippen molar-refractivity contribution in [2.45, 2.75) is 34.2 Å². The maximum Gasteiger partial charge on any atom is 0.151 e. The molecule has 0 aliphatic rings. The summed E-state index contributed by atoms with van der Waals surface area (Å²) in [5, 5.41) is 0. The first-order chi connectivity index (χ1) is 6.56. The number of aromatic nitrogens is 1. The molecule has 2 heteroatoms. The first-order valence-corrected chi connectivity index (χ1v) is 4.81. The van der Waals surface area contributed by atoms with E-state index >= 15 is 0 Å². The van der Waals surface area contributed by atoms with E-state index in [2.05, 4.69) is 24.5 Å². The predicted molar refractivity (Wildman–Crippen MR) is 58.7 cm³/mol. The lowest BCUT2D eigenvalue weighted by Crippen LogP contribution is -2.00. The van der Waals surface area contributed by atoms with E-state index in [9.17, 15) is 4.79 Å². The molecule has 0 bridgehead atoms. The van der Waals surface area contributed by atoms with Crippen molar-refractivity contribution in [3.63, 3.8) is 0 Å². The number of rotatable bonds is 3. The van der Waals surface area contributed by atoms with E-state index < -0.39 is 0 Å². The van der Waals surface area contributed by atoms with Crippen LogP contribution in [0, 0.1) is 13.8 Å². The number of aldehydes is 1. The third-order valence-corrected chi connectivity index (χ3v) is 2.42. The molecule has 0 amide bonds. The zero-order valence-corrected chi connectivity index (χ0v) is 9.29. The molecule has 14 heavy (non-hydrogen) atoms. The molecule has 0 fully saturated rings. The fourth-order valence-electron chi connectivity index (χ4n) is 1.50. The molecular formula is C12H17NO. The molecule has 1 heterocycles. The standard InChI is InChI=1S/C12H17NO/c1-9(2)5-6-13-10(3)7-12(8-14)11(13)4/h5,7-8H,6H2,1-4H3. The van der Waals surface area contributed by atoms with E-state index in [0.29, 0.717) is 0 Å². The Labute approximate surface area is 85.2 Å². The van der Waals surface area contributed by atoms with E-state index in [1.54, 1.807) is 0 Å². The Hall–Kier alpha value is -1.31. The van der Waals surface area contributed by atoms with Crippen molar-refractivity contribution in [3.8, 4) is 0 Å². The summed E-state index contributed by atoms with van der Waals surface area (Å²) >= 11 is 0. The Bertz CT molecular complexity index is 368. The molecule has 0 saturated heterocycles. The summed E-state index contributed by atoms with van der Waals surface area (Å²) in [6.07, 6.45) is 3.08. The molecule has 0 aliphatic carbocycles. The number of nitrogens with zero attached hydrogens (tertiary/aromatic N) is 1. The third kappa shape index (κ3) is 2.13. The highest BCUT2D eigenvalue weighted by Gasteiger charge is 2.06. The first-order valence-electron chi connectivity index (χ1n) is 4.81. The van der Waals surface area contributed by atoms with Gasteiger partial charge in [0.2, 0.25) is 0 Å². The predicted octanol–water partition coefficient (Wildman–Crippen LogP) is 2.88. The van der Waals surface area contributed by atoms with Crippen LogP contribution in [0.4, 0.5) is 0 Å². The Morgan fingerprint density at radius 2 is 2.07 bits per heavy atom. The minimum atomic E-state index is 0.796. The van der Waals surface area contributed by atoms with Gasteiger partial charge in [0.1, 0.15) is 0 Å². The maximum atomic E-state index is 10.7. The van der Waals surface area contributed by atoms with Crippen LogP contribution >= 0.6 is 0 Å². The molecule has 0 aliphatic heterocycles. The summed E-state index contributed by atoms with van der Waals surface area (Å²) in [4.78, 5) is 10.7. The third-order valence-electron chi connectivity index (χ3n) is 2.42. The highest BCUT2D eigenvalue weighted by molar-refractivity contribution is 5.77. The largest absolute Gasteiger partial charge is 0.345 e. The summed E-state index contributed by atoms with van der Waals surface area (Å²) in [5.74, 6) is 0. The number of carbonyl (C=O) groups is 1. The van der Waals surface area contributed by atoms with Crippen LogP contribution in [0.15, 0.2) is 17.7 Å². The van der Waals surface area contributed by atoms with Gasteiger partial charge in [-0.2, -0.15) is 0 Å². The SMILES string of the molecule is CC(C)=CCn1c(C)cc(C=O)c1C. The highest BCUT2D eigenvalue weighted by atomic mass is 16.1. The summed E-state index contributed by atoms with van der Waals surface area (Å²) in [7, 11) is 0. The molecule has 1 aromatic heterocycles. The molecule has 76 valence electrons. The molecule has 1 rings (SSSR count). The maximum absolute atomic E-state index is 10.7. The molecular weight excluding hydrogens is 174 g/mol. The van der Waals surface area contributed by atoms with E-state index in [0.717, 1.165) is 29.8 Å². The molecule has 0 spiro atoms. The van der Waals surface area contributed by atoms with Gasteiger partial charge in [0.15, 0.2) is 6.29 Å². The number of hydrogen-bond acceptors (Lipinski definition) is 1. The number of aryl methyl sites for hydroxylation is 1. The van der Waals surface area contributed by atoms with Gasteiger partial charge in [0.05, 0.1) is 0 Å². The van der Waals surface area contributed by atoms with Crippen LogP contribution in [-0.2, 0) is 6.54 Å². The molecule has 0 N–H and O–H groups in total. The van der Waals surface area contributed by atoms with E-state index in [-0.39, 0.29) is 0 Å². The summed E-state index contributed by atoms with van der Waals surface area (Å²) < 4.78 is 2.15. The van der Waals surface area contributed by atoms with Crippen LogP contribution in [0.2, 0.25) is 0 Å². The van der Waals surface area contributed by atoms with E-state index in [1.807, 2.05) is 19.9 Å². The number of allylic oxidation sites excluding steroid dienone is 2.